The lowest BCUT2D eigenvalue weighted by molar-refractivity contribution is -0.132. The fourth-order valence-electron chi connectivity index (χ4n) is 4.54. The summed E-state index contributed by atoms with van der Waals surface area (Å²) < 4.78 is 5.24. The first-order chi connectivity index (χ1) is 15.5. The number of urea groups is 1. The molecule has 0 aliphatic carbocycles. The molecule has 3 amide bonds. The predicted octanol–water partition coefficient (Wildman–Crippen LogP) is 2.25. The molecule has 0 atom stereocenters. The highest BCUT2D eigenvalue weighted by Gasteiger charge is 2.25. The molecule has 1 aromatic carbocycles. The summed E-state index contributed by atoms with van der Waals surface area (Å²) in [6, 6.07) is 8.39. The topological polar surface area (TPSA) is 68.4 Å². The van der Waals surface area contributed by atoms with Crippen LogP contribution in [0.25, 0.3) is 0 Å². The van der Waals surface area contributed by atoms with E-state index in [1.54, 1.807) is 7.11 Å². The van der Waals surface area contributed by atoms with Crippen molar-refractivity contribution in [1.29, 1.82) is 0 Å². The number of hydrogen-bond acceptors (Lipinski definition) is 5. The van der Waals surface area contributed by atoms with E-state index in [1.165, 1.54) is 5.69 Å². The first-order valence-corrected chi connectivity index (χ1v) is 12.0. The SMILES string of the molecule is CCN(CC)C(=O)CN1CCCN(C(=O)NC2CCN(c3ccc(OC)cc3)CC2)CC1. The van der Waals surface area contributed by atoms with Crippen LogP contribution in [0.4, 0.5) is 10.5 Å². The molecule has 0 unspecified atom stereocenters. The highest BCUT2D eigenvalue weighted by atomic mass is 16.5. The van der Waals surface area contributed by atoms with Gasteiger partial charge in [0.05, 0.1) is 13.7 Å². The summed E-state index contributed by atoms with van der Waals surface area (Å²) in [6.45, 7) is 10.8. The van der Waals surface area contributed by atoms with Crippen LogP contribution in [0.2, 0.25) is 0 Å². The molecule has 8 nitrogen and oxygen atoms in total. The molecule has 0 radical (unpaired) electrons. The van der Waals surface area contributed by atoms with Crippen molar-refractivity contribution in [3.8, 4) is 5.75 Å². The average Bonchev–Trinajstić information content (AvgIpc) is 3.06. The molecule has 0 bridgehead atoms. The van der Waals surface area contributed by atoms with Gasteiger partial charge in [0.1, 0.15) is 5.75 Å². The Morgan fingerprint density at radius 2 is 1.69 bits per heavy atom. The average molecular weight is 446 g/mol. The van der Waals surface area contributed by atoms with Crippen LogP contribution < -0.4 is 15.0 Å². The van der Waals surface area contributed by atoms with Gasteiger partial charge < -0.3 is 24.8 Å². The number of anilines is 1. The second-order valence-electron chi connectivity index (χ2n) is 8.59. The molecule has 2 aliphatic heterocycles. The zero-order valence-corrected chi connectivity index (χ0v) is 19.9. The number of piperidine rings is 1. The summed E-state index contributed by atoms with van der Waals surface area (Å²) >= 11 is 0. The lowest BCUT2D eigenvalue weighted by atomic mass is 10.0. The van der Waals surface area contributed by atoms with Crippen LogP contribution in [0.5, 0.6) is 5.75 Å². The first-order valence-electron chi connectivity index (χ1n) is 12.0. The van der Waals surface area contributed by atoms with Crippen molar-refractivity contribution in [2.45, 2.75) is 39.2 Å². The van der Waals surface area contributed by atoms with Gasteiger partial charge in [-0.05, 0) is 57.4 Å². The van der Waals surface area contributed by atoms with Gasteiger partial charge in [-0.1, -0.05) is 0 Å². The monoisotopic (exact) mass is 445 g/mol. The Balaban J connectivity index is 1.41. The summed E-state index contributed by atoms with van der Waals surface area (Å²) in [5.74, 6) is 1.04. The van der Waals surface area contributed by atoms with Crippen LogP contribution in [0.1, 0.15) is 33.1 Å². The molecule has 1 aromatic rings. The lowest BCUT2D eigenvalue weighted by Gasteiger charge is -2.35. The molecule has 8 heteroatoms. The fourth-order valence-corrected chi connectivity index (χ4v) is 4.54. The van der Waals surface area contributed by atoms with E-state index in [-0.39, 0.29) is 18.0 Å². The predicted molar refractivity (Wildman–Crippen MR) is 127 cm³/mol. The van der Waals surface area contributed by atoms with E-state index < -0.39 is 0 Å². The number of rotatable bonds is 7. The van der Waals surface area contributed by atoms with E-state index in [4.69, 9.17) is 4.74 Å². The molecule has 2 heterocycles. The van der Waals surface area contributed by atoms with E-state index in [9.17, 15) is 9.59 Å². The third kappa shape index (κ3) is 6.51. The number of nitrogens with zero attached hydrogens (tertiary/aromatic N) is 4. The van der Waals surface area contributed by atoms with Crippen molar-refractivity contribution in [3.05, 3.63) is 24.3 Å². The quantitative estimate of drug-likeness (QED) is 0.697. The molecule has 0 spiro atoms. The molecule has 3 rings (SSSR count). The first kappa shape index (κ1) is 24.2. The van der Waals surface area contributed by atoms with Crippen LogP contribution in [-0.4, -0.2) is 98.7 Å². The number of amides is 3. The minimum absolute atomic E-state index is 0.0322. The maximum atomic E-state index is 12.9. The number of methoxy groups -OCH3 is 1. The molecule has 1 N–H and O–H groups in total. The molecular weight excluding hydrogens is 406 g/mol. The van der Waals surface area contributed by atoms with Gasteiger partial charge in [-0.3, -0.25) is 9.69 Å². The summed E-state index contributed by atoms with van der Waals surface area (Å²) in [5.41, 5.74) is 1.20. The highest BCUT2D eigenvalue weighted by Crippen LogP contribution is 2.23. The number of likely N-dealkylation sites (N-methyl/N-ethyl adjacent to an activating group) is 1. The van der Waals surface area contributed by atoms with Crippen molar-refractivity contribution in [3.63, 3.8) is 0 Å². The molecule has 32 heavy (non-hydrogen) atoms. The van der Waals surface area contributed by atoms with Gasteiger partial charge in [0, 0.05) is 64.1 Å². The third-order valence-corrected chi connectivity index (χ3v) is 6.61. The van der Waals surface area contributed by atoms with Crippen LogP contribution >= 0.6 is 0 Å². The standard InChI is InChI=1S/C24H39N5O3/c1-4-27(5-2)23(30)19-26-13-6-14-29(18-17-26)24(31)25-20-11-15-28(16-12-20)21-7-9-22(32-3)10-8-21/h7-10,20H,4-6,11-19H2,1-3H3,(H,25,31). The van der Waals surface area contributed by atoms with E-state index in [0.29, 0.717) is 13.1 Å². The van der Waals surface area contributed by atoms with Gasteiger partial charge in [-0.25, -0.2) is 4.79 Å². The summed E-state index contributed by atoms with van der Waals surface area (Å²) in [6.07, 6.45) is 2.78. The zero-order chi connectivity index (χ0) is 22.9. The van der Waals surface area contributed by atoms with Gasteiger partial charge in [0.2, 0.25) is 5.91 Å². The number of nitrogens with one attached hydrogen (secondary N) is 1. The minimum atomic E-state index is 0.0322. The van der Waals surface area contributed by atoms with Crippen molar-refractivity contribution in [1.82, 2.24) is 20.0 Å². The van der Waals surface area contributed by atoms with E-state index >= 15 is 0 Å². The largest absolute Gasteiger partial charge is 0.497 e. The second kappa shape index (κ2) is 11.9. The summed E-state index contributed by atoms with van der Waals surface area (Å²) in [4.78, 5) is 33.6. The number of benzene rings is 1. The molecule has 178 valence electrons. The highest BCUT2D eigenvalue weighted by molar-refractivity contribution is 5.78. The zero-order valence-electron chi connectivity index (χ0n) is 19.9. The Kier molecular flexibility index (Phi) is 9.02. The van der Waals surface area contributed by atoms with Crippen LogP contribution in [-0.2, 0) is 4.79 Å². The van der Waals surface area contributed by atoms with Crippen molar-refractivity contribution >= 4 is 17.6 Å². The summed E-state index contributed by atoms with van der Waals surface area (Å²) in [5, 5.41) is 3.25. The van der Waals surface area contributed by atoms with E-state index in [0.717, 1.165) is 70.8 Å². The van der Waals surface area contributed by atoms with Gasteiger partial charge >= 0.3 is 6.03 Å². The van der Waals surface area contributed by atoms with Gasteiger partial charge in [0.15, 0.2) is 0 Å². The van der Waals surface area contributed by atoms with Gasteiger partial charge in [-0.2, -0.15) is 0 Å². The van der Waals surface area contributed by atoms with Crippen LogP contribution in [0, 0.1) is 0 Å². The summed E-state index contributed by atoms with van der Waals surface area (Å²) in [7, 11) is 1.68. The molecule has 2 saturated heterocycles. The second-order valence-corrected chi connectivity index (χ2v) is 8.59. The van der Waals surface area contributed by atoms with Crippen molar-refractivity contribution in [2.75, 3.05) is 70.9 Å². The number of carbonyl (C=O) groups excluding carboxylic acids is 2. The van der Waals surface area contributed by atoms with Gasteiger partial charge in [-0.15, -0.1) is 0 Å². The Bertz CT molecular complexity index is 730. The Labute approximate surface area is 192 Å². The fraction of sp³-hybridized carbons (Fsp3) is 0.667. The Morgan fingerprint density at radius 3 is 2.31 bits per heavy atom. The number of ether oxygens (including phenoxy) is 1. The smallest absolute Gasteiger partial charge is 0.317 e. The minimum Gasteiger partial charge on any atom is -0.497 e. The number of carbonyl (C=O) groups is 2. The van der Waals surface area contributed by atoms with Crippen molar-refractivity contribution < 1.29 is 14.3 Å². The van der Waals surface area contributed by atoms with Crippen LogP contribution in [0.3, 0.4) is 0 Å². The molecule has 2 fully saturated rings. The third-order valence-electron chi connectivity index (χ3n) is 6.61. The molecule has 2 aliphatic rings. The van der Waals surface area contributed by atoms with Crippen LogP contribution in [0.15, 0.2) is 24.3 Å². The molecular formula is C24H39N5O3. The maximum absolute atomic E-state index is 12.9. The molecule has 0 saturated carbocycles. The lowest BCUT2D eigenvalue weighted by Crippen LogP contribution is -2.50. The Morgan fingerprint density at radius 1 is 1.00 bits per heavy atom. The molecule has 0 aromatic heterocycles. The Hall–Kier alpha value is -2.48. The normalized spacial score (nSPS) is 18.2. The van der Waals surface area contributed by atoms with E-state index in [2.05, 4.69) is 27.2 Å². The van der Waals surface area contributed by atoms with Gasteiger partial charge in [0.25, 0.3) is 0 Å². The maximum Gasteiger partial charge on any atom is 0.317 e. The number of hydrogen-bond donors (Lipinski definition) is 1. The van der Waals surface area contributed by atoms with Crippen molar-refractivity contribution in [2.24, 2.45) is 0 Å². The van der Waals surface area contributed by atoms with E-state index in [1.807, 2.05) is 35.8 Å².